The number of aldehydes is 1. The molecule has 0 aromatic carbocycles. The molecule has 0 unspecified atom stereocenters. The number of halogens is 6. The molecule has 1 rings (SSSR count). The molecule has 0 spiro atoms. The van der Waals surface area contributed by atoms with E-state index in [9.17, 15) is 26.7 Å². The Morgan fingerprint density at radius 1 is 1.44 bits per heavy atom. The van der Waals surface area contributed by atoms with E-state index in [0.717, 1.165) is 0 Å². The maximum absolute atomic E-state index is 12.6. The van der Waals surface area contributed by atoms with E-state index < -0.39 is 35.8 Å². The molecule has 0 amide bonds. The second-order valence-corrected chi connectivity index (χ2v) is 3.28. The normalized spacial score (nSPS) is 11.7. The summed E-state index contributed by atoms with van der Waals surface area (Å²) in [5.74, 6) is -1.61. The zero-order valence-electron chi connectivity index (χ0n) is 8.47. The number of ether oxygens (including phenoxy) is 1. The van der Waals surface area contributed by atoms with Crippen LogP contribution in [-0.4, -0.2) is 17.6 Å². The first kappa shape index (κ1) is 14.6. The van der Waals surface area contributed by atoms with Crippen LogP contribution >= 0.6 is 11.6 Å². The summed E-state index contributed by atoms with van der Waals surface area (Å²) in [7, 11) is 0. The maximum atomic E-state index is 12.6. The Bertz CT molecular complexity index is 449. The fourth-order valence-corrected chi connectivity index (χ4v) is 1.49. The minimum absolute atomic E-state index is 0.0346. The van der Waals surface area contributed by atoms with Gasteiger partial charge in [0.25, 0.3) is 6.43 Å². The Labute approximate surface area is 103 Å². The lowest BCUT2D eigenvalue weighted by molar-refractivity contribution is -0.276. The van der Waals surface area contributed by atoms with Gasteiger partial charge in [-0.05, 0) is 0 Å². The van der Waals surface area contributed by atoms with E-state index in [4.69, 9.17) is 11.6 Å². The molecule has 0 aliphatic heterocycles. The van der Waals surface area contributed by atoms with Crippen molar-refractivity contribution < 1.29 is 31.5 Å². The fraction of sp³-hybridized carbons (Fsp3) is 0.333. The molecule has 0 atom stereocenters. The fourth-order valence-electron chi connectivity index (χ4n) is 1.20. The number of hydrogen-bond acceptors (Lipinski definition) is 3. The molecule has 1 aromatic rings. The Morgan fingerprint density at radius 2 is 2.06 bits per heavy atom. The summed E-state index contributed by atoms with van der Waals surface area (Å²) in [4.78, 5) is 13.7. The lowest BCUT2D eigenvalue weighted by Gasteiger charge is -2.13. The summed E-state index contributed by atoms with van der Waals surface area (Å²) in [6.45, 7) is 0. The van der Waals surface area contributed by atoms with Crippen molar-refractivity contribution in [1.29, 1.82) is 0 Å². The lowest BCUT2D eigenvalue weighted by atomic mass is 10.1. The van der Waals surface area contributed by atoms with Gasteiger partial charge in [-0.3, -0.25) is 4.79 Å². The van der Waals surface area contributed by atoms with Crippen LogP contribution in [0.5, 0.6) is 5.88 Å². The Morgan fingerprint density at radius 3 is 2.44 bits per heavy atom. The van der Waals surface area contributed by atoms with Gasteiger partial charge in [0.05, 0.1) is 5.88 Å². The SMILES string of the molecule is O=Cc1nc(OC(F)(F)F)cc(C(F)F)c1CCl. The summed E-state index contributed by atoms with van der Waals surface area (Å²) in [6, 6.07) is 0.406. The third-order valence-corrected chi connectivity index (χ3v) is 2.14. The highest BCUT2D eigenvalue weighted by atomic mass is 35.5. The predicted molar refractivity (Wildman–Crippen MR) is 50.8 cm³/mol. The third kappa shape index (κ3) is 3.52. The number of hydrogen-bond donors (Lipinski definition) is 0. The van der Waals surface area contributed by atoms with Crippen LogP contribution in [0, 0.1) is 0 Å². The molecule has 0 fully saturated rings. The average Bonchev–Trinajstić information content (AvgIpc) is 2.25. The van der Waals surface area contributed by atoms with E-state index in [-0.39, 0.29) is 11.8 Å². The molecule has 0 aliphatic rings. The van der Waals surface area contributed by atoms with E-state index in [0.29, 0.717) is 6.07 Å². The Balaban J connectivity index is 3.32. The molecule has 1 aromatic heterocycles. The molecule has 0 aliphatic carbocycles. The summed E-state index contributed by atoms with van der Waals surface area (Å²) in [5, 5.41) is 0. The summed E-state index contributed by atoms with van der Waals surface area (Å²) < 4.78 is 64.4. The molecule has 18 heavy (non-hydrogen) atoms. The zero-order chi connectivity index (χ0) is 13.9. The van der Waals surface area contributed by atoms with Crippen LogP contribution in [0.25, 0.3) is 0 Å². The van der Waals surface area contributed by atoms with Crippen molar-refractivity contribution in [2.45, 2.75) is 18.7 Å². The highest BCUT2D eigenvalue weighted by Gasteiger charge is 2.33. The monoisotopic (exact) mass is 289 g/mol. The van der Waals surface area contributed by atoms with Gasteiger partial charge >= 0.3 is 6.36 Å². The van der Waals surface area contributed by atoms with Gasteiger partial charge in [0.2, 0.25) is 5.88 Å². The van der Waals surface area contributed by atoms with Crippen molar-refractivity contribution in [3.05, 3.63) is 22.9 Å². The largest absolute Gasteiger partial charge is 0.574 e. The standard InChI is InChI=1S/C9H5ClF5NO2/c10-2-5-4(8(11)12)1-7(16-6(5)3-17)18-9(13,14)15/h1,3,8H,2H2. The first-order chi connectivity index (χ1) is 8.28. The summed E-state index contributed by atoms with van der Waals surface area (Å²) >= 11 is 5.35. The minimum atomic E-state index is -5.09. The van der Waals surface area contributed by atoms with Crippen molar-refractivity contribution in [2.24, 2.45) is 0 Å². The highest BCUT2D eigenvalue weighted by Crippen LogP contribution is 2.30. The topological polar surface area (TPSA) is 39.2 Å². The van der Waals surface area contributed by atoms with Gasteiger partial charge < -0.3 is 4.74 Å². The lowest BCUT2D eigenvalue weighted by Crippen LogP contribution is -2.19. The van der Waals surface area contributed by atoms with Crippen LogP contribution in [-0.2, 0) is 5.88 Å². The van der Waals surface area contributed by atoms with Gasteiger partial charge in [-0.2, -0.15) is 0 Å². The van der Waals surface area contributed by atoms with E-state index in [1.807, 2.05) is 0 Å². The second kappa shape index (κ2) is 5.47. The van der Waals surface area contributed by atoms with Crippen molar-refractivity contribution >= 4 is 17.9 Å². The molecule has 0 bridgehead atoms. The molecular formula is C9H5ClF5NO2. The minimum Gasteiger partial charge on any atom is -0.388 e. The molecule has 1 heterocycles. The number of rotatable bonds is 4. The van der Waals surface area contributed by atoms with Gasteiger partial charge in [0, 0.05) is 17.2 Å². The quantitative estimate of drug-likeness (QED) is 0.484. The second-order valence-electron chi connectivity index (χ2n) is 3.01. The van der Waals surface area contributed by atoms with Crippen LogP contribution < -0.4 is 4.74 Å². The number of pyridine rings is 1. The molecule has 100 valence electrons. The van der Waals surface area contributed by atoms with Gasteiger partial charge in [-0.25, -0.2) is 13.8 Å². The van der Waals surface area contributed by atoms with Gasteiger partial charge in [0.1, 0.15) is 5.69 Å². The van der Waals surface area contributed by atoms with Crippen molar-refractivity contribution in [3.8, 4) is 5.88 Å². The van der Waals surface area contributed by atoms with Crippen molar-refractivity contribution in [3.63, 3.8) is 0 Å². The Kier molecular flexibility index (Phi) is 4.44. The zero-order valence-corrected chi connectivity index (χ0v) is 9.23. The van der Waals surface area contributed by atoms with Crippen LogP contribution in [0.4, 0.5) is 22.0 Å². The van der Waals surface area contributed by atoms with E-state index in [1.165, 1.54) is 0 Å². The van der Waals surface area contributed by atoms with Crippen LogP contribution in [0.1, 0.15) is 28.0 Å². The summed E-state index contributed by atoms with van der Waals surface area (Å²) in [6.07, 6.45) is -8.15. The third-order valence-electron chi connectivity index (χ3n) is 1.87. The molecule has 0 saturated carbocycles. The molecule has 0 radical (unpaired) electrons. The van der Waals surface area contributed by atoms with E-state index in [2.05, 4.69) is 9.72 Å². The number of nitrogens with zero attached hydrogens (tertiary/aromatic N) is 1. The van der Waals surface area contributed by atoms with Gasteiger partial charge in [-0.1, -0.05) is 0 Å². The molecular weight excluding hydrogens is 285 g/mol. The van der Waals surface area contributed by atoms with Gasteiger partial charge in [0.15, 0.2) is 6.29 Å². The van der Waals surface area contributed by atoms with E-state index >= 15 is 0 Å². The highest BCUT2D eigenvalue weighted by molar-refractivity contribution is 6.17. The van der Waals surface area contributed by atoms with Crippen molar-refractivity contribution in [1.82, 2.24) is 4.98 Å². The number of carbonyl (C=O) groups excluding carboxylic acids is 1. The average molecular weight is 290 g/mol. The number of alkyl halides is 6. The first-order valence-electron chi connectivity index (χ1n) is 4.37. The maximum Gasteiger partial charge on any atom is 0.574 e. The first-order valence-corrected chi connectivity index (χ1v) is 4.90. The Hall–Kier alpha value is -1.44. The van der Waals surface area contributed by atoms with Crippen LogP contribution in [0.15, 0.2) is 6.07 Å². The number of carbonyl (C=O) groups is 1. The molecule has 0 saturated heterocycles. The summed E-state index contributed by atoms with van der Waals surface area (Å²) in [5.41, 5.74) is -1.75. The molecule has 9 heteroatoms. The van der Waals surface area contributed by atoms with Crippen molar-refractivity contribution in [2.75, 3.05) is 0 Å². The predicted octanol–water partition coefficient (Wildman–Crippen LogP) is 3.47. The number of aromatic nitrogens is 1. The van der Waals surface area contributed by atoms with Gasteiger partial charge in [-0.15, -0.1) is 24.8 Å². The molecule has 3 nitrogen and oxygen atoms in total. The van der Waals surface area contributed by atoms with Crippen LogP contribution in [0.2, 0.25) is 0 Å². The molecule has 0 N–H and O–H groups in total. The van der Waals surface area contributed by atoms with Crippen LogP contribution in [0.3, 0.4) is 0 Å². The smallest absolute Gasteiger partial charge is 0.388 e. The van der Waals surface area contributed by atoms with E-state index in [1.54, 1.807) is 0 Å².